The zero-order valence-electron chi connectivity index (χ0n) is 14.5. The number of benzene rings is 2. The molecule has 128 valence electrons. The Balaban J connectivity index is 1.71. The summed E-state index contributed by atoms with van der Waals surface area (Å²) in [7, 11) is 0. The first-order valence-corrected chi connectivity index (χ1v) is 8.89. The molecule has 0 saturated carbocycles. The highest BCUT2D eigenvalue weighted by molar-refractivity contribution is 6.05. The number of fused-ring (bicyclic) bond motifs is 2. The van der Waals surface area contributed by atoms with Crippen molar-refractivity contribution in [3.8, 4) is 11.4 Å². The van der Waals surface area contributed by atoms with Gasteiger partial charge in [-0.05, 0) is 29.4 Å². The molecule has 3 heteroatoms. The lowest BCUT2D eigenvalue weighted by Gasteiger charge is -2.29. The molecule has 27 heavy (non-hydrogen) atoms. The maximum atomic E-state index is 11.8. The molecule has 1 spiro atoms. The standard InChI is InChI=1S/C24H16N2O/c27-19-11-13-24(14-12-19)20(17-7-3-1-4-8-17)15-22-21(24)16-25-23(26-22)18-9-5-2-6-10-18/h1-16H. The van der Waals surface area contributed by atoms with Crippen molar-refractivity contribution in [3.05, 3.63) is 108 Å². The molecule has 2 aromatic carbocycles. The van der Waals surface area contributed by atoms with Crippen LogP contribution in [-0.2, 0) is 10.2 Å². The highest BCUT2D eigenvalue weighted by atomic mass is 16.1. The zero-order valence-corrected chi connectivity index (χ0v) is 14.5. The third-order valence-electron chi connectivity index (χ3n) is 5.13. The Labute approximate surface area is 157 Å². The second-order valence-corrected chi connectivity index (χ2v) is 6.72. The van der Waals surface area contributed by atoms with E-state index in [0.29, 0.717) is 5.82 Å². The van der Waals surface area contributed by atoms with E-state index in [0.717, 1.165) is 28.0 Å². The van der Waals surface area contributed by atoms with Gasteiger partial charge in [0.25, 0.3) is 0 Å². The molecule has 0 bridgehead atoms. The van der Waals surface area contributed by atoms with E-state index in [1.54, 1.807) is 12.2 Å². The molecule has 0 N–H and O–H groups in total. The number of hydrogen-bond acceptors (Lipinski definition) is 3. The van der Waals surface area contributed by atoms with Gasteiger partial charge in [0.2, 0.25) is 0 Å². The lowest BCUT2D eigenvalue weighted by atomic mass is 9.73. The van der Waals surface area contributed by atoms with Gasteiger partial charge in [0.15, 0.2) is 11.6 Å². The Hall–Kier alpha value is -3.59. The van der Waals surface area contributed by atoms with Crippen molar-refractivity contribution in [2.45, 2.75) is 5.41 Å². The van der Waals surface area contributed by atoms with E-state index >= 15 is 0 Å². The summed E-state index contributed by atoms with van der Waals surface area (Å²) in [6.45, 7) is 0. The minimum atomic E-state index is -0.500. The van der Waals surface area contributed by atoms with Gasteiger partial charge in [-0.3, -0.25) is 4.79 Å². The van der Waals surface area contributed by atoms with Gasteiger partial charge >= 0.3 is 0 Å². The Morgan fingerprint density at radius 2 is 1.41 bits per heavy atom. The van der Waals surface area contributed by atoms with E-state index in [9.17, 15) is 4.79 Å². The summed E-state index contributed by atoms with van der Waals surface area (Å²) in [5, 5.41) is 0. The molecule has 0 atom stereocenters. The lowest BCUT2D eigenvalue weighted by molar-refractivity contribution is -0.110. The van der Waals surface area contributed by atoms with Crippen LogP contribution in [0.4, 0.5) is 0 Å². The van der Waals surface area contributed by atoms with E-state index in [1.165, 1.54) is 0 Å². The molecule has 0 unspecified atom stereocenters. The van der Waals surface area contributed by atoms with Crippen molar-refractivity contribution in [3.63, 3.8) is 0 Å². The Morgan fingerprint density at radius 1 is 0.778 bits per heavy atom. The number of hydrogen-bond donors (Lipinski definition) is 0. The van der Waals surface area contributed by atoms with E-state index in [-0.39, 0.29) is 5.78 Å². The van der Waals surface area contributed by atoms with Crippen molar-refractivity contribution in [1.82, 2.24) is 9.97 Å². The van der Waals surface area contributed by atoms with Crippen LogP contribution < -0.4 is 0 Å². The van der Waals surface area contributed by atoms with Crippen molar-refractivity contribution < 1.29 is 4.79 Å². The predicted octanol–water partition coefficient (Wildman–Crippen LogP) is 4.63. The second kappa shape index (κ2) is 5.99. The summed E-state index contributed by atoms with van der Waals surface area (Å²) in [4.78, 5) is 21.2. The van der Waals surface area contributed by atoms with Crippen LogP contribution >= 0.6 is 0 Å². The predicted molar refractivity (Wildman–Crippen MR) is 107 cm³/mol. The van der Waals surface area contributed by atoms with E-state index in [1.807, 2.05) is 66.9 Å². The summed E-state index contributed by atoms with van der Waals surface area (Å²) >= 11 is 0. The van der Waals surface area contributed by atoms with Crippen LogP contribution in [0.15, 0.2) is 91.2 Å². The Bertz CT molecular complexity index is 1110. The maximum Gasteiger partial charge on any atom is 0.178 e. The van der Waals surface area contributed by atoms with Crippen LogP contribution in [0.25, 0.3) is 23.0 Å². The van der Waals surface area contributed by atoms with Crippen LogP contribution in [0.3, 0.4) is 0 Å². The number of ketones is 1. The van der Waals surface area contributed by atoms with E-state index < -0.39 is 5.41 Å². The number of rotatable bonds is 2. The van der Waals surface area contributed by atoms with Crippen LogP contribution in [-0.4, -0.2) is 15.8 Å². The number of carbonyl (C=O) groups excluding carboxylic acids is 1. The van der Waals surface area contributed by atoms with Gasteiger partial charge < -0.3 is 0 Å². The molecular formula is C24H16N2O. The minimum absolute atomic E-state index is 0.00307. The average Bonchev–Trinajstić information content (AvgIpc) is 3.05. The van der Waals surface area contributed by atoms with Gasteiger partial charge in [0, 0.05) is 17.3 Å². The fourth-order valence-electron chi connectivity index (χ4n) is 3.79. The summed E-state index contributed by atoms with van der Waals surface area (Å²) in [6, 6.07) is 20.2. The molecule has 3 nitrogen and oxygen atoms in total. The highest BCUT2D eigenvalue weighted by Gasteiger charge is 2.40. The third kappa shape index (κ3) is 2.48. The number of allylic oxidation sites excluding steroid dienone is 5. The summed E-state index contributed by atoms with van der Waals surface area (Å²) < 4.78 is 0. The van der Waals surface area contributed by atoms with Gasteiger partial charge in [0.1, 0.15) is 0 Å². The summed E-state index contributed by atoms with van der Waals surface area (Å²) in [6.07, 6.45) is 11.2. The van der Waals surface area contributed by atoms with Crippen molar-refractivity contribution in [1.29, 1.82) is 0 Å². The molecule has 2 aliphatic rings. The van der Waals surface area contributed by atoms with E-state index in [4.69, 9.17) is 4.98 Å². The molecule has 0 saturated heterocycles. The molecule has 1 aromatic heterocycles. The Kier molecular flexibility index (Phi) is 3.47. The second-order valence-electron chi connectivity index (χ2n) is 6.72. The summed E-state index contributed by atoms with van der Waals surface area (Å²) in [5.74, 6) is 0.707. The SMILES string of the molecule is O=C1C=CC2(C=C1)C(c1ccccc1)=Cc1nc(-c3ccccc3)ncc12. The highest BCUT2D eigenvalue weighted by Crippen LogP contribution is 2.49. The quantitative estimate of drug-likeness (QED) is 0.678. The third-order valence-corrected chi connectivity index (χ3v) is 5.13. The molecule has 1 heterocycles. The van der Waals surface area contributed by atoms with Gasteiger partial charge in [0.05, 0.1) is 11.1 Å². The molecule has 0 amide bonds. The number of carbonyl (C=O) groups is 1. The fraction of sp³-hybridized carbons (Fsp3) is 0.0417. The fourth-order valence-corrected chi connectivity index (χ4v) is 3.79. The molecule has 3 aromatic rings. The van der Waals surface area contributed by atoms with Crippen molar-refractivity contribution in [2.75, 3.05) is 0 Å². The number of aromatic nitrogens is 2. The van der Waals surface area contributed by atoms with Crippen LogP contribution in [0.5, 0.6) is 0 Å². The topological polar surface area (TPSA) is 42.9 Å². The van der Waals surface area contributed by atoms with Gasteiger partial charge in [-0.2, -0.15) is 0 Å². The van der Waals surface area contributed by atoms with Gasteiger partial charge in [-0.15, -0.1) is 0 Å². The molecule has 5 rings (SSSR count). The monoisotopic (exact) mass is 348 g/mol. The Morgan fingerprint density at radius 3 is 2.07 bits per heavy atom. The minimum Gasteiger partial charge on any atom is -0.290 e. The first-order valence-electron chi connectivity index (χ1n) is 8.89. The first kappa shape index (κ1) is 15.6. The number of nitrogens with zero attached hydrogens (tertiary/aromatic N) is 2. The largest absolute Gasteiger partial charge is 0.290 e. The van der Waals surface area contributed by atoms with Crippen LogP contribution in [0.1, 0.15) is 16.8 Å². The van der Waals surface area contributed by atoms with Crippen LogP contribution in [0, 0.1) is 0 Å². The van der Waals surface area contributed by atoms with Crippen molar-refractivity contribution in [2.24, 2.45) is 0 Å². The molecule has 0 fully saturated rings. The maximum absolute atomic E-state index is 11.8. The van der Waals surface area contributed by atoms with Crippen LogP contribution in [0.2, 0.25) is 0 Å². The lowest BCUT2D eigenvalue weighted by Crippen LogP contribution is -2.24. The molecule has 0 radical (unpaired) electrons. The average molecular weight is 348 g/mol. The van der Waals surface area contributed by atoms with Gasteiger partial charge in [-0.25, -0.2) is 9.97 Å². The molecule has 0 aliphatic heterocycles. The van der Waals surface area contributed by atoms with E-state index in [2.05, 4.69) is 23.2 Å². The zero-order chi connectivity index (χ0) is 18.3. The smallest absolute Gasteiger partial charge is 0.178 e. The first-order chi connectivity index (χ1) is 13.3. The normalized spacial score (nSPS) is 16.4. The molecular weight excluding hydrogens is 332 g/mol. The molecule has 2 aliphatic carbocycles. The van der Waals surface area contributed by atoms with Gasteiger partial charge in [-0.1, -0.05) is 72.8 Å². The van der Waals surface area contributed by atoms with Crippen molar-refractivity contribution >= 4 is 17.4 Å². The summed E-state index contributed by atoms with van der Waals surface area (Å²) in [5.41, 5.74) is 4.60.